The summed E-state index contributed by atoms with van der Waals surface area (Å²) in [6.07, 6.45) is 1.84. The summed E-state index contributed by atoms with van der Waals surface area (Å²) < 4.78 is 0. The number of nitrogens with zero attached hydrogens (tertiary/aromatic N) is 1. The van der Waals surface area contributed by atoms with E-state index < -0.39 is 0 Å². The van der Waals surface area contributed by atoms with E-state index in [1.165, 1.54) is 11.1 Å². The molecule has 0 atom stereocenters. The lowest BCUT2D eigenvalue weighted by atomic mass is 10.1. The molecule has 0 aliphatic heterocycles. The van der Waals surface area contributed by atoms with Crippen LogP contribution in [-0.2, 0) is 0 Å². The maximum Gasteiger partial charge on any atom is 0.0704 e. The van der Waals surface area contributed by atoms with Gasteiger partial charge in [0.25, 0.3) is 0 Å². The molecule has 15 heavy (non-hydrogen) atoms. The van der Waals surface area contributed by atoms with Gasteiger partial charge < -0.3 is 0 Å². The van der Waals surface area contributed by atoms with E-state index in [-0.39, 0.29) is 0 Å². The second kappa shape index (κ2) is 5.97. The van der Waals surface area contributed by atoms with Crippen molar-refractivity contribution in [3.05, 3.63) is 54.2 Å². The SMILES string of the molecule is CC.Cc1ccnc(-c2ccccc2)c1. The molecule has 78 valence electrons. The van der Waals surface area contributed by atoms with E-state index in [1.807, 2.05) is 44.3 Å². The van der Waals surface area contributed by atoms with Gasteiger partial charge in [0.05, 0.1) is 5.69 Å². The number of pyridine rings is 1. The van der Waals surface area contributed by atoms with Crippen LogP contribution in [-0.4, -0.2) is 4.98 Å². The molecule has 1 aromatic carbocycles. The number of benzene rings is 1. The fraction of sp³-hybridized carbons (Fsp3) is 0.214. The molecule has 0 radical (unpaired) electrons. The van der Waals surface area contributed by atoms with E-state index in [2.05, 4.69) is 30.1 Å². The van der Waals surface area contributed by atoms with Crippen LogP contribution >= 0.6 is 0 Å². The van der Waals surface area contributed by atoms with E-state index in [0.717, 1.165) is 5.69 Å². The Kier molecular flexibility index (Phi) is 4.55. The molecule has 0 fully saturated rings. The number of rotatable bonds is 1. The maximum absolute atomic E-state index is 4.31. The number of hydrogen-bond acceptors (Lipinski definition) is 1. The van der Waals surface area contributed by atoms with Crippen LogP contribution in [0.2, 0.25) is 0 Å². The topological polar surface area (TPSA) is 12.9 Å². The number of aromatic nitrogens is 1. The van der Waals surface area contributed by atoms with Crippen molar-refractivity contribution in [1.29, 1.82) is 0 Å². The van der Waals surface area contributed by atoms with Crippen molar-refractivity contribution in [3.8, 4) is 11.3 Å². The van der Waals surface area contributed by atoms with Gasteiger partial charge in [0.2, 0.25) is 0 Å². The molecule has 2 rings (SSSR count). The molecule has 1 heteroatoms. The molecule has 2 aromatic rings. The third-order valence-corrected chi connectivity index (χ3v) is 1.98. The highest BCUT2D eigenvalue weighted by Crippen LogP contribution is 2.16. The van der Waals surface area contributed by atoms with Crippen LogP contribution < -0.4 is 0 Å². The molecule has 0 saturated carbocycles. The molecule has 0 N–H and O–H groups in total. The second-order valence-corrected chi connectivity index (χ2v) is 3.08. The molecule has 1 nitrogen and oxygen atoms in total. The highest BCUT2D eigenvalue weighted by atomic mass is 14.7. The first-order chi connectivity index (χ1) is 7.36. The van der Waals surface area contributed by atoms with Crippen molar-refractivity contribution < 1.29 is 0 Å². The fourth-order valence-corrected chi connectivity index (χ4v) is 1.30. The van der Waals surface area contributed by atoms with Crippen molar-refractivity contribution in [2.24, 2.45) is 0 Å². The Morgan fingerprint density at radius 1 is 0.933 bits per heavy atom. The Labute approximate surface area is 91.8 Å². The van der Waals surface area contributed by atoms with Crippen molar-refractivity contribution in [2.75, 3.05) is 0 Å². The van der Waals surface area contributed by atoms with E-state index >= 15 is 0 Å². The first kappa shape index (κ1) is 11.4. The summed E-state index contributed by atoms with van der Waals surface area (Å²) >= 11 is 0. The molecule has 1 heterocycles. The van der Waals surface area contributed by atoms with Gasteiger partial charge in [0.1, 0.15) is 0 Å². The van der Waals surface area contributed by atoms with E-state index in [4.69, 9.17) is 0 Å². The van der Waals surface area contributed by atoms with Gasteiger partial charge in [-0.25, -0.2) is 0 Å². The van der Waals surface area contributed by atoms with Crippen LogP contribution in [0.3, 0.4) is 0 Å². The Hall–Kier alpha value is -1.63. The van der Waals surface area contributed by atoms with Gasteiger partial charge in [-0.05, 0) is 24.6 Å². The van der Waals surface area contributed by atoms with Gasteiger partial charge in [-0.3, -0.25) is 4.98 Å². The fourth-order valence-electron chi connectivity index (χ4n) is 1.30. The number of hydrogen-bond donors (Lipinski definition) is 0. The Bertz CT molecular complexity index is 393. The first-order valence-electron chi connectivity index (χ1n) is 5.34. The lowest BCUT2D eigenvalue weighted by Crippen LogP contribution is -1.82. The van der Waals surface area contributed by atoms with Crippen LogP contribution in [0.25, 0.3) is 11.3 Å². The summed E-state index contributed by atoms with van der Waals surface area (Å²) in [4.78, 5) is 4.31. The zero-order valence-electron chi connectivity index (χ0n) is 9.57. The standard InChI is InChI=1S/C12H11N.C2H6/c1-10-7-8-13-12(9-10)11-5-3-2-4-6-11;1-2/h2-9H,1H3;1-2H3. The monoisotopic (exact) mass is 199 g/mol. The second-order valence-electron chi connectivity index (χ2n) is 3.08. The Morgan fingerprint density at radius 3 is 2.20 bits per heavy atom. The molecule has 1 aromatic heterocycles. The van der Waals surface area contributed by atoms with E-state index in [0.29, 0.717) is 0 Å². The Morgan fingerprint density at radius 2 is 1.60 bits per heavy atom. The minimum Gasteiger partial charge on any atom is -0.256 e. The smallest absolute Gasteiger partial charge is 0.0704 e. The van der Waals surface area contributed by atoms with Crippen molar-refractivity contribution in [2.45, 2.75) is 20.8 Å². The van der Waals surface area contributed by atoms with Gasteiger partial charge in [0.15, 0.2) is 0 Å². The van der Waals surface area contributed by atoms with Crippen LogP contribution in [0.5, 0.6) is 0 Å². The largest absolute Gasteiger partial charge is 0.256 e. The molecule has 0 aliphatic rings. The molecular weight excluding hydrogens is 182 g/mol. The zero-order valence-corrected chi connectivity index (χ0v) is 9.57. The third kappa shape index (κ3) is 3.21. The quantitative estimate of drug-likeness (QED) is 0.674. The van der Waals surface area contributed by atoms with E-state index in [9.17, 15) is 0 Å². The third-order valence-electron chi connectivity index (χ3n) is 1.98. The number of aryl methyl sites for hydroxylation is 1. The van der Waals surface area contributed by atoms with Crippen LogP contribution in [0.4, 0.5) is 0 Å². The zero-order chi connectivity index (χ0) is 11.1. The maximum atomic E-state index is 4.31. The molecule has 0 bridgehead atoms. The van der Waals surface area contributed by atoms with Gasteiger partial charge in [-0.2, -0.15) is 0 Å². The van der Waals surface area contributed by atoms with Crippen molar-refractivity contribution in [3.63, 3.8) is 0 Å². The normalized spacial score (nSPS) is 9.00. The lowest BCUT2D eigenvalue weighted by molar-refractivity contribution is 1.29. The van der Waals surface area contributed by atoms with Crippen LogP contribution in [0, 0.1) is 6.92 Å². The predicted molar refractivity (Wildman–Crippen MR) is 65.8 cm³/mol. The predicted octanol–water partition coefficient (Wildman–Crippen LogP) is 4.08. The summed E-state index contributed by atoms with van der Waals surface area (Å²) in [7, 11) is 0. The van der Waals surface area contributed by atoms with Crippen molar-refractivity contribution in [1.82, 2.24) is 4.98 Å². The van der Waals surface area contributed by atoms with Gasteiger partial charge >= 0.3 is 0 Å². The summed E-state index contributed by atoms with van der Waals surface area (Å²) in [6.45, 7) is 6.08. The average molecular weight is 199 g/mol. The molecular formula is C14H17N. The molecule has 0 unspecified atom stereocenters. The van der Waals surface area contributed by atoms with Gasteiger partial charge in [0, 0.05) is 11.8 Å². The molecule has 0 saturated heterocycles. The highest BCUT2D eigenvalue weighted by molar-refractivity contribution is 5.59. The Balaban J connectivity index is 0.000000531. The summed E-state index contributed by atoms with van der Waals surface area (Å²) in [5.74, 6) is 0. The molecule has 0 amide bonds. The summed E-state index contributed by atoms with van der Waals surface area (Å²) in [5, 5.41) is 0. The van der Waals surface area contributed by atoms with E-state index in [1.54, 1.807) is 0 Å². The average Bonchev–Trinajstić information content (AvgIpc) is 2.33. The van der Waals surface area contributed by atoms with Crippen LogP contribution in [0.1, 0.15) is 19.4 Å². The minimum absolute atomic E-state index is 1.04. The van der Waals surface area contributed by atoms with Crippen molar-refractivity contribution >= 4 is 0 Å². The van der Waals surface area contributed by atoms with Gasteiger partial charge in [-0.15, -0.1) is 0 Å². The molecule has 0 aliphatic carbocycles. The first-order valence-corrected chi connectivity index (χ1v) is 5.34. The van der Waals surface area contributed by atoms with Gasteiger partial charge in [-0.1, -0.05) is 44.2 Å². The lowest BCUT2D eigenvalue weighted by Gasteiger charge is -2.00. The minimum atomic E-state index is 1.04. The summed E-state index contributed by atoms with van der Waals surface area (Å²) in [5.41, 5.74) is 3.46. The summed E-state index contributed by atoms with van der Waals surface area (Å²) in [6, 6.07) is 14.3. The highest BCUT2D eigenvalue weighted by Gasteiger charge is 1.96. The molecule has 0 spiro atoms. The van der Waals surface area contributed by atoms with Crippen LogP contribution in [0.15, 0.2) is 48.7 Å².